The Hall–Kier alpha value is -4.12. The first kappa shape index (κ1) is 19.8. The number of ether oxygens (including phenoxy) is 2. The van der Waals surface area contributed by atoms with Gasteiger partial charge in [0.2, 0.25) is 0 Å². The zero-order valence-corrected chi connectivity index (χ0v) is 17.9. The van der Waals surface area contributed by atoms with Gasteiger partial charge in [-0.15, -0.1) is 0 Å². The summed E-state index contributed by atoms with van der Waals surface area (Å²) in [5, 5.41) is 0. The molecule has 0 atom stereocenters. The summed E-state index contributed by atoms with van der Waals surface area (Å²) in [6.45, 7) is 4.03. The number of aromatic amines is 1. The van der Waals surface area contributed by atoms with Crippen molar-refractivity contribution in [2.75, 3.05) is 0 Å². The molecule has 5 aromatic rings. The summed E-state index contributed by atoms with van der Waals surface area (Å²) in [6, 6.07) is 27.7. The monoisotopic (exact) mass is 421 g/mol. The number of hydrogen-bond acceptors (Lipinski definition) is 4. The van der Waals surface area contributed by atoms with Crippen LogP contribution < -0.4 is 9.47 Å². The van der Waals surface area contributed by atoms with Crippen molar-refractivity contribution in [3.63, 3.8) is 0 Å². The Bertz CT molecular complexity index is 1340. The van der Waals surface area contributed by atoms with E-state index in [-0.39, 0.29) is 6.10 Å². The number of nitrogens with one attached hydrogen (secondary N) is 1. The number of nitrogens with zero attached hydrogens (tertiary/aromatic N) is 2. The molecule has 1 N–H and O–H groups in total. The highest BCUT2D eigenvalue weighted by Gasteiger charge is 2.10. The molecule has 0 spiro atoms. The molecule has 158 valence electrons. The molecule has 0 saturated heterocycles. The molecule has 5 rings (SSSR count). The van der Waals surface area contributed by atoms with Crippen molar-refractivity contribution in [3.05, 3.63) is 91.1 Å². The van der Waals surface area contributed by atoms with Crippen LogP contribution in [-0.4, -0.2) is 21.1 Å². The van der Waals surface area contributed by atoms with Crippen LogP contribution in [0.4, 0.5) is 0 Å². The molecular weight excluding hydrogens is 398 g/mol. The zero-order chi connectivity index (χ0) is 21.9. The van der Waals surface area contributed by atoms with Crippen LogP contribution in [-0.2, 0) is 0 Å². The van der Waals surface area contributed by atoms with Gasteiger partial charge in [-0.05, 0) is 61.9 Å². The fourth-order valence-electron chi connectivity index (χ4n) is 3.52. The molecule has 3 aromatic carbocycles. The van der Waals surface area contributed by atoms with Gasteiger partial charge < -0.3 is 14.5 Å². The maximum Gasteiger partial charge on any atom is 0.178 e. The lowest BCUT2D eigenvalue weighted by molar-refractivity contribution is 0.242. The van der Waals surface area contributed by atoms with Crippen LogP contribution in [0.1, 0.15) is 13.8 Å². The van der Waals surface area contributed by atoms with Gasteiger partial charge in [-0.3, -0.25) is 0 Å². The number of para-hydroxylation sites is 1. The Kier molecular flexibility index (Phi) is 5.30. The van der Waals surface area contributed by atoms with Gasteiger partial charge in [0.05, 0.1) is 11.6 Å². The van der Waals surface area contributed by atoms with Crippen molar-refractivity contribution in [1.29, 1.82) is 0 Å². The van der Waals surface area contributed by atoms with E-state index in [4.69, 9.17) is 9.47 Å². The Balaban J connectivity index is 1.39. The summed E-state index contributed by atoms with van der Waals surface area (Å²) in [5.74, 6) is 3.20. The van der Waals surface area contributed by atoms with E-state index in [0.717, 1.165) is 45.3 Å². The van der Waals surface area contributed by atoms with E-state index in [9.17, 15) is 0 Å². The van der Waals surface area contributed by atoms with Crippen molar-refractivity contribution in [1.82, 2.24) is 15.0 Å². The van der Waals surface area contributed by atoms with Gasteiger partial charge in [-0.1, -0.05) is 42.5 Å². The molecule has 0 amide bonds. The fraction of sp³-hybridized carbons (Fsp3) is 0.111. The molecule has 0 unspecified atom stereocenters. The van der Waals surface area contributed by atoms with Crippen LogP contribution in [0, 0.1) is 0 Å². The number of imidazole rings is 1. The average molecular weight is 422 g/mol. The van der Waals surface area contributed by atoms with E-state index in [1.807, 2.05) is 98.9 Å². The van der Waals surface area contributed by atoms with E-state index < -0.39 is 0 Å². The maximum atomic E-state index is 5.88. The molecule has 0 fully saturated rings. The third-order valence-electron chi connectivity index (χ3n) is 4.98. The smallest absolute Gasteiger partial charge is 0.178 e. The second-order valence-electron chi connectivity index (χ2n) is 7.81. The predicted molar refractivity (Wildman–Crippen MR) is 127 cm³/mol. The normalized spacial score (nSPS) is 11.1. The number of hydrogen-bond donors (Lipinski definition) is 1. The first-order valence-corrected chi connectivity index (χ1v) is 10.6. The van der Waals surface area contributed by atoms with Gasteiger partial charge in [-0.2, -0.15) is 0 Å². The lowest BCUT2D eigenvalue weighted by Crippen LogP contribution is -2.05. The summed E-state index contributed by atoms with van der Waals surface area (Å²) in [6.07, 6.45) is 1.97. The summed E-state index contributed by atoms with van der Waals surface area (Å²) in [4.78, 5) is 12.6. The molecule has 0 saturated carbocycles. The third-order valence-corrected chi connectivity index (χ3v) is 4.98. The van der Waals surface area contributed by atoms with Crippen LogP contribution >= 0.6 is 0 Å². The minimum atomic E-state index is 0.120. The molecule has 0 aliphatic rings. The minimum absolute atomic E-state index is 0.120. The number of fused-ring (bicyclic) bond motifs is 1. The lowest BCUT2D eigenvalue weighted by atomic mass is 10.1. The van der Waals surface area contributed by atoms with Crippen molar-refractivity contribution in [3.8, 4) is 39.8 Å². The summed E-state index contributed by atoms with van der Waals surface area (Å²) >= 11 is 0. The number of H-pyrrole nitrogens is 1. The van der Waals surface area contributed by atoms with Gasteiger partial charge in [0, 0.05) is 17.3 Å². The quantitative estimate of drug-likeness (QED) is 0.325. The van der Waals surface area contributed by atoms with E-state index in [0.29, 0.717) is 5.65 Å². The van der Waals surface area contributed by atoms with Crippen LogP contribution in [0.5, 0.6) is 17.2 Å². The maximum absolute atomic E-state index is 5.88. The number of pyridine rings is 1. The number of rotatable bonds is 6. The van der Waals surface area contributed by atoms with Gasteiger partial charge in [0.25, 0.3) is 0 Å². The predicted octanol–water partition coefficient (Wildman–Crippen LogP) is 6.87. The second kappa shape index (κ2) is 8.55. The second-order valence-corrected chi connectivity index (χ2v) is 7.81. The van der Waals surface area contributed by atoms with Crippen molar-refractivity contribution in [2.24, 2.45) is 0 Å². The summed E-state index contributed by atoms with van der Waals surface area (Å²) in [5.41, 5.74) is 4.60. The molecule has 5 nitrogen and oxygen atoms in total. The molecule has 32 heavy (non-hydrogen) atoms. The van der Waals surface area contributed by atoms with E-state index in [1.54, 1.807) is 0 Å². The van der Waals surface area contributed by atoms with Gasteiger partial charge in [-0.25, -0.2) is 9.97 Å². The minimum Gasteiger partial charge on any atom is -0.491 e. The van der Waals surface area contributed by atoms with E-state index in [2.05, 4.69) is 21.0 Å². The standard InChI is InChI=1S/C27H23N3O2/c1-18(2)31-24-10-6-7-20(15-24)26-29-25-16-21(17-28-27(25)30-26)19-11-13-23(14-12-19)32-22-8-4-3-5-9-22/h3-18H,1-2H3,(H,28,29,30). The SMILES string of the molecule is CC(C)Oc1cccc(-c2nc3ncc(-c4ccc(Oc5ccccc5)cc4)cc3[nH]2)c1. The highest BCUT2D eigenvalue weighted by Crippen LogP contribution is 2.28. The van der Waals surface area contributed by atoms with Crippen LogP contribution in [0.3, 0.4) is 0 Å². The van der Waals surface area contributed by atoms with Crippen LogP contribution in [0.25, 0.3) is 33.7 Å². The number of aromatic nitrogens is 3. The van der Waals surface area contributed by atoms with Crippen molar-refractivity contribution < 1.29 is 9.47 Å². The lowest BCUT2D eigenvalue weighted by Gasteiger charge is -2.10. The first-order chi connectivity index (χ1) is 15.6. The highest BCUT2D eigenvalue weighted by atomic mass is 16.5. The largest absolute Gasteiger partial charge is 0.491 e. The Morgan fingerprint density at radius 2 is 1.47 bits per heavy atom. The Morgan fingerprint density at radius 1 is 0.719 bits per heavy atom. The third kappa shape index (κ3) is 4.32. The fourth-order valence-corrected chi connectivity index (χ4v) is 3.52. The van der Waals surface area contributed by atoms with E-state index in [1.165, 1.54) is 0 Å². The molecule has 0 aliphatic heterocycles. The first-order valence-electron chi connectivity index (χ1n) is 10.6. The molecule has 0 aliphatic carbocycles. The summed E-state index contributed by atoms with van der Waals surface area (Å²) in [7, 11) is 0. The van der Waals surface area contributed by atoms with Crippen LogP contribution in [0.2, 0.25) is 0 Å². The van der Waals surface area contributed by atoms with Crippen LogP contribution in [0.15, 0.2) is 91.1 Å². The van der Waals surface area contributed by atoms with E-state index >= 15 is 0 Å². The Labute approximate surface area is 186 Å². The van der Waals surface area contributed by atoms with Gasteiger partial charge in [0.1, 0.15) is 23.1 Å². The highest BCUT2D eigenvalue weighted by molar-refractivity contribution is 5.81. The average Bonchev–Trinajstić information content (AvgIpc) is 3.24. The van der Waals surface area contributed by atoms with Gasteiger partial charge in [0.15, 0.2) is 5.65 Å². The molecule has 5 heteroatoms. The van der Waals surface area contributed by atoms with Gasteiger partial charge >= 0.3 is 0 Å². The molecular formula is C27H23N3O2. The number of benzene rings is 3. The Morgan fingerprint density at radius 3 is 2.25 bits per heavy atom. The molecule has 0 bridgehead atoms. The zero-order valence-electron chi connectivity index (χ0n) is 17.9. The summed E-state index contributed by atoms with van der Waals surface area (Å²) < 4.78 is 11.7. The van der Waals surface area contributed by atoms with Crippen molar-refractivity contribution >= 4 is 11.2 Å². The molecule has 0 radical (unpaired) electrons. The van der Waals surface area contributed by atoms with Crippen molar-refractivity contribution in [2.45, 2.75) is 20.0 Å². The topological polar surface area (TPSA) is 60.0 Å². The molecule has 2 aromatic heterocycles. The molecule has 2 heterocycles.